The van der Waals surface area contributed by atoms with E-state index in [9.17, 15) is 4.79 Å². The van der Waals surface area contributed by atoms with Crippen LogP contribution in [0.4, 0.5) is 0 Å². The molecular formula is C14H14N4OS. The summed E-state index contributed by atoms with van der Waals surface area (Å²) in [5, 5.41) is 8.11. The van der Waals surface area contributed by atoms with E-state index in [1.165, 1.54) is 11.3 Å². The third kappa shape index (κ3) is 2.42. The van der Waals surface area contributed by atoms with Crippen molar-refractivity contribution < 1.29 is 4.79 Å². The highest BCUT2D eigenvalue weighted by Gasteiger charge is 2.10. The zero-order valence-corrected chi connectivity index (χ0v) is 12.1. The van der Waals surface area contributed by atoms with Crippen LogP contribution in [-0.2, 0) is 6.54 Å². The largest absolute Gasteiger partial charge is 0.345 e. The Morgan fingerprint density at radius 1 is 1.35 bits per heavy atom. The number of rotatable bonds is 3. The molecule has 0 radical (unpaired) electrons. The topological polar surface area (TPSA) is 59.3 Å². The predicted octanol–water partition coefficient (Wildman–Crippen LogP) is 2.34. The first-order valence-electron chi connectivity index (χ1n) is 6.29. The number of nitrogens with one attached hydrogen (secondary N) is 1. The highest BCUT2D eigenvalue weighted by Crippen LogP contribution is 2.14. The van der Waals surface area contributed by atoms with Gasteiger partial charge in [-0.25, -0.2) is 9.50 Å². The summed E-state index contributed by atoms with van der Waals surface area (Å²) >= 11 is 1.49. The maximum absolute atomic E-state index is 12.1. The minimum atomic E-state index is -0.0767. The van der Waals surface area contributed by atoms with Gasteiger partial charge in [0.2, 0.25) is 4.96 Å². The number of amides is 1. The molecule has 3 rings (SSSR count). The van der Waals surface area contributed by atoms with Crippen LogP contribution >= 0.6 is 11.3 Å². The number of hydrogen-bond donors (Lipinski definition) is 1. The molecule has 0 saturated carbocycles. The number of nitrogens with zero attached hydrogens (tertiary/aromatic N) is 3. The fraction of sp³-hybridized carbons (Fsp3) is 0.214. The number of carbonyl (C=O) groups excluding carboxylic acids is 1. The van der Waals surface area contributed by atoms with Crippen molar-refractivity contribution in [3.63, 3.8) is 0 Å². The fourth-order valence-electron chi connectivity index (χ4n) is 2.00. The summed E-state index contributed by atoms with van der Waals surface area (Å²) < 4.78 is 1.75. The van der Waals surface area contributed by atoms with Crippen LogP contribution in [0.3, 0.4) is 0 Å². The van der Waals surface area contributed by atoms with Crippen molar-refractivity contribution in [3.05, 3.63) is 52.3 Å². The summed E-state index contributed by atoms with van der Waals surface area (Å²) in [6, 6.07) is 7.53. The highest BCUT2D eigenvalue weighted by atomic mass is 32.1. The predicted molar refractivity (Wildman–Crippen MR) is 78.0 cm³/mol. The van der Waals surface area contributed by atoms with E-state index in [0.717, 1.165) is 21.2 Å². The van der Waals surface area contributed by atoms with Crippen molar-refractivity contribution in [2.24, 2.45) is 0 Å². The number of carbonyl (C=O) groups is 1. The molecule has 0 aliphatic heterocycles. The number of hydrogen-bond acceptors (Lipinski definition) is 4. The van der Waals surface area contributed by atoms with Gasteiger partial charge in [-0.3, -0.25) is 4.79 Å². The molecule has 0 aliphatic carbocycles. The van der Waals surface area contributed by atoms with Gasteiger partial charge < -0.3 is 5.32 Å². The minimum Gasteiger partial charge on any atom is -0.345 e. The zero-order valence-electron chi connectivity index (χ0n) is 11.3. The molecule has 1 N–H and O–H groups in total. The molecule has 1 amide bonds. The molecular weight excluding hydrogens is 272 g/mol. The zero-order chi connectivity index (χ0) is 14.1. The first kappa shape index (κ1) is 12.8. The van der Waals surface area contributed by atoms with E-state index in [-0.39, 0.29) is 5.91 Å². The molecule has 6 heteroatoms. The van der Waals surface area contributed by atoms with Crippen molar-refractivity contribution in [1.29, 1.82) is 0 Å². The molecule has 0 bridgehead atoms. The fourth-order valence-corrected chi connectivity index (χ4v) is 2.86. The van der Waals surface area contributed by atoms with Crippen LogP contribution in [0.25, 0.3) is 4.96 Å². The Kier molecular flexibility index (Phi) is 3.23. The van der Waals surface area contributed by atoms with Crippen LogP contribution in [0.5, 0.6) is 0 Å². The van der Waals surface area contributed by atoms with E-state index in [1.54, 1.807) is 4.52 Å². The van der Waals surface area contributed by atoms with Gasteiger partial charge in [-0.15, -0.1) is 0 Å². The summed E-state index contributed by atoms with van der Waals surface area (Å²) in [5.41, 5.74) is 2.61. The molecule has 0 atom stereocenters. The highest BCUT2D eigenvalue weighted by molar-refractivity contribution is 7.16. The quantitative estimate of drug-likeness (QED) is 0.804. The second-order valence-electron chi connectivity index (χ2n) is 4.60. The van der Waals surface area contributed by atoms with Crippen molar-refractivity contribution >= 4 is 22.2 Å². The van der Waals surface area contributed by atoms with Crippen LogP contribution in [0.2, 0.25) is 0 Å². The summed E-state index contributed by atoms with van der Waals surface area (Å²) in [6.07, 6.45) is 1.87. The van der Waals surface area contributed by atoms with E-state index in [4.69, 9.17) is 0 Å². The minimum absolute atomic E-state index is 0.0767. The van der Waals surface area contributed by atoms with E-state index in [0.29, 0.717) is 12.1 Å². The van der Waals surface area contributed by atoms with Gasteiger partial charge in [-0.1, -0.05) is 29.5 Å². The maximum Gasteiger partial charge on any atom is 0.251 e. The average Bonchev–Trinajstić information content (AvgIpc) is 2.93. The van der Waals surface area contributed by atoms with Gasteiger partial charge in [0.25, 0.3) is 5.91 Å². The van der Waals surface area contributed by atoms with E-state index >= 15 is 0 Å². The molecule has 0 fully saturated rings. The lowest BCUT2D eigenvalue weighted by Gasteiger charge is -2.05. The second-order valence-corrected chi connectivity index (χ2v) is 5.64. The second kappa shape index (κ2) is 5.05. The molecule has 102 valence electrons. The lowest BCUT2D eigenvalue weighted by Crippen LogP contribution is -2.23. The van der Waals surface area contributed by atoms with Gasteiger partial charge in [0.15, 0.2) is 0 Å². The Hall–Kier alpha value is -2.21. The normalized spacial score (nSPS) is 10.9. The lowest BCUT2D eigenvalue weighted by molar-refractivity contribution is 0.0950. The molecule has 2 aromatic heterocycles. The number of aromatic nitrogens is 3. The molecule has 0 spiro atoms. The number of fused-ring (bicyclic) bond motifs is 1. The van der Waals surface area contributed by atoms with Crippen LogP contribution < -0.4 is 5.32 Å². The van der Waals surface area contributed by atoms with Crippen LogP contribution in [-0.4, -0.2) is 20.5 Å². The summed E-state index contributed by atoms with van der Waals surface area (Å²) in [7, 11) is 0. The molecule has 0 saturated heterocycles. The third-order valence-electron chi connectivity index (χ3n) is 3.00. The summed E-state index contributed by atoms with van der Waals surface area (Å²) in [5.74, 6) is -0.0767. The molecule has 2 heterocycles. The SMILES string of the molecule is Cc1cn2nc(CNC(=O)c3ccccc3C)sc2n1. The standard InChI is InChI=1S/C14H14N4OS/c1-9-5-3-4-6-11(9)13(19)15-7-12-17-18-8-10(2)16-14(18)20-12/h3-6,8H,7H2,1-2H3,(H,15,19). The van der Waals surface area contributed by atoms with Gasteiger partial charge in [0.05, 0.1) is 18.4 Å². The first-order chi connectivity index (χ1) is 9.63. The van der Waals surface area contributed by atoms with Crippen LogP contribution in [0.1, 0.15) is 26.6 Å². The lowest BCUT2D eigenvalue weighted by atomic mass is 10.1. The van der Waals surface area contributed by atoms with Gasteiger partial charge in [0.1, 0.15) is 5.01 Å². The number of aryl methyl sites for hydroxylation is 2. The van der Waals surface area contributed by atoms with Gasteiger partial charge in [-0.2, -0.15) is 5.10 Å². The Morgan fingerprint density at radius 2 is 2.15 bits per heavy atom. The van der Waals surface area contributed by atoms with Crippen molar-refractivity contribution in [1.82, 2.24) is 19.9 Å². The van der Waals surface area contributed by atoms with Gasteiger partial charge >= 0.3 is 0 Å². The Morgan fingerprint density at radius 3 is 2.90 bits per heavy atom. The first-order valence-corrected chi connectivity index (χ1v) is 7.10. The van der Waals surface area contributed by atoms with Gasteiger partial charge in [0, 0.05) is 5.56 Å². The third-order valence-corrected chi connectivity index (χ3v) is 3.92. The van der Waals surface area contributed by atoms with E-state index < -0.39 is 0 Å². The van der Waals surface area contributed by atoms with E-state index in [1.807, 2.05) is 44.3 Å². The van der Waals surface area contributed by atoms with Crippen LogP contribution in [0, 0.1) is 13.8 Å². The average molecular weight is 286 g/mol. The Bertz CT molecular complexity index is 743. The van der Waals surface area contributed by atoms with Crippen molar-refractivity contribution in [2.75, 3.05) is 0 Å². The van der Waals surface area contributed by atoms with Gasteiger partial charge in [-0.05, 0) is 25.5 Å². The molecule has 1 aromatic carbocycles. The van der Waals surface area contributed by atoms with E-state index in [2.05, 4.69) is 15.4 Å². The van der Waals surface area contributed by atoms with Crippen LogP contribution in [0.15, 0.2) is 30.5 Å². The maximum atomic E-state index is 12.1. The van der Waals surface area contributed by atoms with Crippen molar-refractivity contribution in [3.8, 4) is 0 Å². The molecule has 0 unspecified atom stereocenters. The number of imidazole rings is 1. The Labute approximate surface area is 120 Å². The number of benzene rings is 1. The summed E-state index contributed by atoms with van der Waals surface area (Å²) in [6.45, 7) is 4.27. The van der Waals surface area contributed by atoms with Crippen molar-refractivity contribution in [2.45, 2.75) is 20.4 Å². The summed E-state index contributed by atoms with van der Waals surface area (Å²) in [4.78, 5) is 17.3. The molecule has 0 aliphatic rings. The molecule has 20 heavy (non-hydrogen) atoms. The molecule has 5 nitrogen and oxygen atoms in total. The Balaban J connectivity index is 1.71. The monoisotopic (exact) mass is 286 g/mol. The molecule has 3 aromatic rings. The smallest absolute Gasteiger partial charge is 0.251 e.